The van der Waals surface area contributed by atoms with Crippen molar-refractivity contribution in [3.63, 3.8) is 0 Å². The summed E-state index contributed by atoms with van der Waals surface area (Å²) in [7, 11) is 0. The van der Waals surface area contributed by atoms with Crippen LogP contribution in [0.2, 0.25) is 0 Å². The number of hydrogen-bond acceptors (Lipinski definition) is 6. The van der Waals surface area contributed by atoms with E-state index in [0.29, 0.717) is 12.6 Å². The molecule has 0 amide bonds. The van der Waals surface area contributed by atoms with Gasteiger partial charge < -0.3 is 19.3 Å². The highest BCUT2D eigenvalue weighted by atomic mass is 16.5. The van der Waals surface area contributed by atoms with Crippen LogP contribution in [0.1, 0.15) is 54.4 Å². The molecular formula is C23H52N2O4. The molecule has 0 saturated carbocycles. The van der Waals surface area contributed by atoms with Crippen LogP contribution < -0.4 is 0 Å². The van der Waals surface area contributed by atoms with Crippen molar-refractivity contribution in [2.75, 3.05) is 79.0 Å². The molecule has 2 aliphatic heterocycles. The number of hydrogen-bond donors (Lipinski definition) is 1. The highest BCUT2D eigenvalue weighted by Crippen LogP contribution is 2.06. The summed E-state index contributed by atoms with van der Waals surface area (Å²) in [6.45, 7) is 29.1. The Morgan fingerprint density at radius 3 is 2.03 bits per heavy atom. The first-order chi connectivity index (χ1) is 14.3. The molecule has 2 rings (SSSR count). The van der Waals surface area contributed by atoms with Crippen LogP contribution in [-0.2, 0) is 14.2 Å². The minimum atomic E-state index is 0.303. The summed E-state index contributed by atoms with van der Waals surface area (Å²) in [5.74, 6) is 0. The minimum Gasteiger partial charge on any atom is -0.396 e. The first kappa shape index (κ1) is 33.1. The van der Waals surface area contributed by atoms with Gasteiger partial charge in [0.05, 0.1) is 26.4 Å². The van der Waals surface area contributed by atoms with Gasteiger partial charge in [0.15, 0.2) is 0 Å². The molecule has 6 heteroatoms. The lowest BCUT2D eigenvalue weighted by atomic mass is 10.2. The van der Waals surface area contributed by atoms with Crippen molar-refractivity contribution in [3.05, 3.63) is 13.2 Å². The van der Waals surface area contributed by atoms with Gasteiger partial charge in [-0.1, -0.05) is 27.7 Å². The van der Waals surface area contributed by atoms with E-state index in [1.807, 2.05) is 34.6 Å². The molecule has 0 bridgehead atoms. The van der Waals surface area contributed by atoms with Gasteiger partial charge >= 0.3 is 0 Å². The number of nitrogens with zero attached hydrogens (tertiary/aromatic N) is 2. The molecule has 0 aromatic rings. The quantitative estimate of drug-likeness (QED) is 0.477. The fourth-order valence-corrected chi connectivity index (χ4v) is 2.73. The van der Waals surface area contributed by atoms with Crippen molar-refractivity contribution in [3.8, 4) is 0 Å². The molecule has 29 heavy (non-hydrogen) atoms. The Bertz CT molecular complexity index is 278. The third-order valence-corrected chi connectivity index (χ3v) is 4.18. The highest BCUT2D eigenvalue weighted by Gasteiger charge is 2.17. The van der Waals surface area contributed by atoms with E-state index in [-0.39, 0.29) is 0 Å². The molecule has 1 N–H and O–H groups in total. The first-order valence-electron chi connectivity index (χ1n) is 11.6. The van der Waals surface area contributed by atoms with Crippen molar-refractivity contribution in [2.24, 2.45) is 0 Å². The molecule has 0 unspecified atom stereocenters. The maximum atomic E-state index is 8.54. The standard InChI is InChI=1S/C10H21NO2.C7H15NO2.2C2H6.C2H4/c1-3-12-7-4-5-11-6-8-13-9-10(11)2;9-5-1-2-8-3-6-10-7-4-8;3*1-2/h10H,3-9H2,1-2H3;9H,1-7H2;2*1-2H3;1-2H2/t10-;;;;/m1..../s1. The Kier molecular flexibility index (Phi) is 33.9. The van der Waals surface area contributed by atoms with Crippen LogP contribution in [-0.4, -0.2) is 99.9 Å². The number of rotatable bonds is 8. The van der Waals surface area contributed by atoms with Crippen LogP contribution in [0.25, 0.3) is 0 Å². The second-order valence-corrected chi connectivity index (χ2v) is 6.04. The summed E-state index contributed by atoms with van der Waals surface area (Å²) in [6, 6.07) is 0.579. The topological polar surface area (TPSA) is 54.4 Å². The van der Waals surface area contributed by atoms with E-state index in [2.05, 4.69) is 29.9 Å². The van der Waals surface area contributed by atoms with E-state index >= 15 is 0 Å². The molecule has 2 fully saturated rings. The van der Waals surface area contributed by atoms with Gasteiger partial charge in [0.25, 0.3) is 0 Å². The number of aliphatic hydroxyl groups excluding tert-OH is 1. The Morgan fingerprint density at radius 1 is 0.931 bits per heavy atom. The smallest absolute Gasteiger partial charge is 0.0619 e. The zero-order valence-corrected chi connectivity index (χ0v) is 20.5. The van der Waals surface area contributed by atoms with Gasteiger partial charge in [-0.25, -0.2) is 0 Å². The van der Waals surface area contributed by atoms with Crippen LogP contribution in [0.15, 0.2) is 13.2 Å². The van der Waals surface area contributed by atoms with Crippen molar-refractivity contribution >= 4 is 0 Å². The molecular weight excluding hydrogens is 368 g/mol. The SMILES string of the molecule is C=C.CC.CC.CCOCCCN1CCOC[C@H]1C.OCCCN1CCOCC1. The third kappa shape index (κ3) is 22.0. The van der Waals surface area contributed by atoms with E-state index in [1.165, 1.54) is 0 Å². The van der Waals surface area contributed by atoms with E-state index < -0.39 is 0 Å². The van der Waals surface area contributed by atoms with Crippen molar-refractivity contribution in [1.82, 2.24) is 9.80 Å². The van der Waals surface area contributed by atoms with Gasteiger partial charge in [-0.3, -0.25) is 9.80 Å². The molecule has 178 valence electrons. The van der Waals surface area contributed by atoms with Gasteiger partial charge in [-0.2, -0.15) is 0 Å². The third-order valence-electron chi connectivity index (χ3n) is 4.18. The average Bonchev–Trinajstić information content (AvgIpc) is 2.81. The maximum absolute atomic E-state index is 8.54. The first-order valence-corrected chi connectivity index (χ1v) is 11.6. The van der Waals surface area contributed by atoms with Gasteiger partial charge in [-0.05, 0) is 26.7 Å². The van der Waals surface area contributed by atoms with Crippen molar-refractivity contribution in [2.45, 2.75) is 60.4 Å². The second kappa shape index (κ2) is 29.7. The Hall–Kier alpha value is -0.500. The Balaban J connectivity index is -0.000000377. The molecule has 0 radical (unpaired) electrons. The predicted octanol–water partition coefficient (Wildman–Crippen LogP) is 3.69. The summed E-state index contributed by atoms with van der Waals surface area (Å²) in [6.07, 6.45) is 2.03. The van der Waals surface area contributed by atoms with Gasteiger partial charge in [0.1, 0.15) is 0 Å². The minimum absolute atomic E-state index is 0.303. The fraction of sp³-hybridized carbons (Fsp3) is 0.913. The predicted molar refractivity (Wildman–Crippen MR) is 126 cm³/mol. The number of aliphatic hydroxyl groups is 1. The lowest BCUT2D eigenvalue weighted by Crippen LogP contribution is -2.44. The molecule has 0 aromatic carbocycles. The highest BCUT2D eigenvalue weighted by molar-refractivity contribution is 4.70. The monoisotopic (exact) mass is 420 g/mol. The molecule has 2 aliphatic rings. The summed E-state index contributed by atoms with van der Waals surface area (Å²) in [4.78, 5) is 4.79. The summed E-state index contributed by atoms with van der Waals surface area (Å²) in [5, 5.41) is 8.54. The molecule has 0 aliphatic carbocycles. The van der Waals surface area contributed by atoms with Crippen LogP contribution >= 0.6 is 0 Å². The zero-order chi connectivity index (χ0) is 22.8. The fourth-order valence-electron chi connectivity index (χ4n) is 2.73. The van der Waals surface area contributed by atoms with Crippen LogP contribution in [0.5, 0.6) is 0 Å². The summed E-state index contributed by atoms with van der Waals surface area (Å²) < 4.78 is 15.8. The van der Waals surface area contributed by atoms with Crippen molar-refractivity contribution < 1.29 is 19.3 Å². The summed E-state index contributed by atoms with van der Waals surface area (Å²) in [5.41, 5.74) is 0. The lowest BCUT2D eigenvalue weighted by Gasteiger charge is -2.33. The molecule has 1 atom stereocenters. The van der Waals surface area contributed by atoms with Gasteiger partial charge in [0.2, 0.25) is 0 Å². The van der Waals surface area contributed by atoms with Crippen LogP contribution in [0, 0.1) is 0 Å². The average molecular weight is 421 g/mol. The normalized spacial score (nSPS) is 19.1. The van der Waals surface area contributed by atoms with Crippen LogP contribution in [0.3, 0.4) is 0 Å². The van der Waals surface area contributed by atoms with E-state index in [1.54, 1.807) is 0 Å². The molecule has 2 heterocycles. The van der Waals surface area contributed by atoms with Gasteiger partial charge in [-0.15, -0.1) is 13.2 Å². The Labute approximate surface area is 182 Å². The van der Waals surface area contributed by atoms with E-state index in [0.717, 1.165) is 85.2 Å². The zero-order valence-electron chi connectivity index (χ0n) is 20.5. The van der Waals surface area contributed by atoms with Gasteiger partial charge in [0, 0.05) is 58.6 Å². The van der Waals surface area contributed by atoms with Crippen LogP contribution in [0.4, 0.5) is 0 Å². The second-order valence-electron chi connectivity index (χ2n) is 6.04. The van der Waals surface area contributed by atoms with E-state index in [4.69, 9.17) is 19.3 Å². The number of ether oxygens (including phenoxy) is 3. The molecule has 0 aromatic heterocycles. The Morgan fingerprint density at radius 2 is 1.52 bits per heavy atom. The number of morpholine rings is 2. The lowest BCUT2D eigenvalue weighted by molar-refractivity contribution is -0.00418. The molecule has 2 saturated heterocycles. The summed E-state index contributed by atoms with van der Waals surface area (Å²) >= 11 is 0. The largest absolute Gasteiger partial charge is 0.396 e. The van der Waals surface area contributed by atoms with Crippen molar-refractivity contribution in [1.29, 1.82) is 0 Å². The maximum Gasteiger partial charge on any atom is 0.0619 e. The molecule has 6 nitrogen and oxygen atoms in total. The van der Waals surface area contributed by atoms with E-state index in [9.17, 15) is 0 Å². The molecule has 0 spiro atoms.